The minimum atomic E-state index is 0.247. The molecule has 5 nitrogen and oxygen atoms in total. The van der Waals surface area contributed by atoms with Crippen LogP contribution in [0.15, 0.2) is 29.3 Å². The predicted octanol–water partition coefficient (Wildman–Crippen LogP) is 0.541. The molecule has 0 saturated carbocycles. The molecule has 2 aliphatic rings. The number of anilines is 1. The number of β-amino-alcohol motifs (C(OH)–C–C–N with tert-alkyl or cyclic N) is 1. The van der Waals surface area contributed by atoms with Gasteiger partial charge in [-0.15, -0.1) is 0 Å². The molecule has 0 amide bonds. The number of para-hydroxylation sites is 1. The average molecular weight is 288 g/mol. The van der Waals surface area contributed by atoms with Crippen LogP contribution in [0, 0.1) is 0 Å². The van der Waals surface area contributed by atoms with Crippen molar-refractivity contribution in [3.05, 3.63) is 29.8 Å². The van der Waals surface area contributed by atoms with Gasteiger partial charge in [0.05, 0.1) is 6.61 Å². The van der Waals surface area contributed by atoms with Gasteiger partial charge in [-0.3, -0.25) is 9.89 Å². The molecule has 1 aromatic carbocycles. The molecule has 114 valence electrons. The Morgan fingerprint density at radius 2 is 1.95 bits per heavy atom. The van der Waals surface area contributed by atoms with Gasteiger partial charge in [-0.2, -0.15) is 0 Å². The van der Waals surface area contributed by atoms with E-state index >= 15 is 0 Å². The van der Waals surface area contributed by atoms with Gasteiger partial charge in [0.15, 0.2) is 0 Å². The highest BCUT2D eigenvalue weighted by atomic mass is 16.3. The Balaban J connectivity index is 1.75. The number of rotatable bonds is 4. The summed E-state index contributed by atoms with van der Waals surface area (Å²) in [5.74, 6) is 1.04. The van der Waals surface area contributed by atoms with Crippen LogP contribution >= 0.6 is 0 Å². The molecule has 5 heteroatoms. The van der Waals surface area contributed by atoms with Gasteiger partial charge in [-0.1, -0.05) is 12.1 Å². The summed E-state index contributed by atoms with van der Waals surface area (Å²) >= 11 is 0. The third-order valence-electron chi connectivity index (χ3n) is 4.19. The van der Waals surface area contributed by atoms with Gasteiger partial charge < -0.3 is 15.3 Å². The molecule has 0 spiro atoms. The molecule has 1 aromatic rings. The number of amidine groups is 1. The summed E-state index contributed by atoms with van der Waals surface area (Å²) in [5.41, 5.74) is 2.49. The molecule has 1 saturated heterocycles. The van der Waals surface area contributed by atoms with Crippen LogP contribution < -0.4 is 10.2 Å². The number of nitrogens with zero attached hydrogens (tertiary/aromatic N) is 3. The fraction of sp³-hybridized carbons (Fsp3) is 0.562. The van der Waals surface area contributed by atoms with Crippen molar-refractivity contribution in [3.8, 4) is 0 Å². The van der Waals surface area contributed by atoms with Gasteiger partial charge in [0.2, 0.25) is 0 Å². The Morgan fingerprint density at radius 3 is 2.67 bits per heavy atom. The first-order chi connectivity index (χ1) is 10.4. The first-order valence-electron chi connectivity index (χ1n) is 7.84. The molecule has 0 atom stereocenters. The van der Waals surface area contributed by atoms with E-state index in [1.807, 2.05) is 0 Å². The molecule has 2 N–H and O–H groups in total. The maximum Gasteiger partial charge on any atom is 0.130 e. The van der Waals surface area contributed by atoms with Gasteiger partial charge in [0.1, 0.15) is 5.84 Å². The smallest absolute Gasteiger partial charge is 0.130 e. The van der Waals surface area contributed by atoms with Crippen LogP contribution in [0.4, 0.5) is 5.69 Å². The number of nitrogens with one attached hydrogen (secondary N) is 1. The van der Waals surface area contributed by atoms with E-state index in [1.165, 1.54) is 11.3 Å². The summed E-state index contributed by atoms with van der Waals surface area (Å²) in [6.07, 6.45) is 1.12. The van der Waals surface area contributed by atoms with E-state index < -0.39 is 0 Å². The fourth-order valence-electron chi connectivity index (χ4n) is 3.02. The highest BCUT2D eigenvalue weighted by Crippen LogP contribution is 2.22. The molecule has 0 aromatic heterocycles. The van der Waals surface area contributed by atoms with Gasteiger partial charge in [0, 0.05) is 57.1 Å². The first kappa shape index (κ1) is 14.4. The molecular formula is C16H24N4O. The zero-order valence-corrected chi connectivity index (χ0v) is 12.5. The Bertz CT molecular complexity index is 495. The Labute approximate surface area is 126 Å². The van der Waals surface area contributed by atoms with Crippen molar-refractivity contribution in [1.29, 1.82) is 0 Å². The third-order valence-corrected chi connectivity index (χ3v) is 4.19. The summed E-state index contributed by atoms with van der Waals surface area (Å²) in [6, 6.07) is 8.53. The zero-order valence-electron chi connectivity index (χ0n) is 12.5. The van der Waals surface area contributed by atoms with Crippen molar-refractivity contribution in [2.24, 2.45) is 4.99 Å². The van der Waals surface area contributed by atoms with Crippen molar-refractivity contribution in [3.63, 3.8) is 0 Å². The number of hydrogen-bond donors (Lipinski definition) is 2. The van der Waals surface area contributed by atoms with Crippen LogP contribution in [-0.2, 0) is 0 Å². The molecule has 3 rings (SSSR count). The third kappa shape index (κ3) is 3.36. The molecule has 21 heavy (non-hydrogen) atoms. The molecule has 0 radical (unpaired) electrons. The standard InChI is InChI=1S/C16H24N4O/c21-13-12-19-8-10-20(11-9-19)15-5-2-1-4-14(15)16-17-6-3-7-18-16/h1-2,4-5,21H,3,6-13H2,(H,17,18). The van der Waals surface area contributed by atoms with E-state index in [-0.39, 0.29) is 6.61 Å². The topological polar surface area (TPSA) is 51.1 Å². The minimum absolute atomic E-state index is 0.247. The van der Waals surface area contributed by atoms with Gasteiger partial charge >= 0.3 is 0 Å². The lowest BCUT2D eigenvalue weighted by Crippen LogP contribution is -2.47. The van der Waals surface area contributed by atoms with Crippen molar-refractivity contribution in [2.75, 3.05) is 57.3 Å². The van der Waals surface area contributed by atoms with Gasteiger partial charge in [0.25, 0.3) is 0 Å². The molecule has 0 unspecified atom stereocenters. The lowest BCUT2D eigenvalue weighted by Gasteiger charge is -2.37. The quantitative estimate of drug-likeness (QED) is 0.849. The zero-order chi connectivity index (χ0) is 14.5. The number of benzene rings is 1. The van der Waals surface area contributed by atoms with E-state index in [4.69, 9.17) is 5.11 Å². The molecule has 2 aliphatic heterocycles. The highest BCUT2D eigenvalue weighted by molar-refractivity contribution is 6.04. The van der Waals surface area contributed by atoms with Crippen LogP contribution in [-0.4, -0.2) is 68.3 Å². The van der Waals surface area contributed by atoms with Crippen molar-refractivity contribution in [1.82, 2.24) is 10.2 Å². The largest absolute Gasteiger partial charge is 0.395 e. The second-order valence-electron chi connectivity index (χ2n) is 5.58. The summed E-state index contributed by atoms with van der Waals surface area (Å²) in [5, 5.41) is 12.5. The Morgan fingerprint density at radius 1 is 1.14 bits per heavy atom. The van der Waals surface area contributed by atoms with Crippen molar-refractivity contribution in [2.45, 2.75) is 6.42 Å². The average Bonchev–Trinajstić information content (AvgIpc) is 2.57. The molecule has 0 aliphatic carbocycles. The summed E-state index contributed by atoms with van der Waals surface area (Å²) in [4.78, 5) is 9.38. The number of piperazine rings is 1. The van der Waals surface area contributed by atoms with Gasteiger partial charge in [-0.05, 0) is 18.6 Å². The SMILES string of the molecule is OCCN1CCN(c2ccccc2C2=NCCCN2)CC1. The maximum absolute atomic E-state index is 9.04. The maximum atomic E-state index is 9.04. The van der Waals surface area contributed by atoms with E-state index in [2.05, 4.69) is 44.4 Å². The molecule has 0 bridgehead atoms. The molecular weight excluding hydrogens is 264 g/mol. The second kappa shape index (κ2) is 6.91. The summed E-state index contributed by atoms with van der Waals surface area (Å²) < 4.78 is 0. The fourth-order valence-corrected chi connectivity index (χ4v) is 3.02. The minimum Gasteiger partial charge on any atom is -0.395 e. The van der Waals surface area contributed by atoms with Crippen LogP contribution in [0.1, 0.15) is 12.0 Å². The number of aliphatic hydroxyl groups is 1. The Hall–Kier alpha value is -1.59. The van der Waals surface area contributed by atoms with Crippen LogP contribution in [0.3, 0.4) is 0 Å². The summed E-state index contributed by atoms with van der Waals surface area (Å²) in [7, 11) is 0. The van der Waals surface area contributed by atoms with E-state index in [0.29, 0.717) is 0 Å². The molecule has 1 fully saturated rings. The van der Waals surface area contributed by atoms with E-state index in [0.717, 1.165) is 58.1 Å². The number of aliphatic imine (C=N–C) groups is 1. The van der Waals surface area contributed by atoms with Crippen molar-refractivity contribution < 1.29 is 5.11 Å². The lowest BCUT2D eigenvalue weighted by atomic mass is 10.1. The van der Waals surface area contributed by atoms with Crippen LogP contribution in [0.25, 0.3) is 0 Å². The van der Waals surface area contributed by atoms with Crippen LogP contribution in [0.2, 0.25) is 0 Å². The first-order valence-corrected chi connectivity index (χ1v) is 7.84. The summed E-state index contributed by atoms with van der Waals surface area (Å²) in [6.45, 7) is 6.98. The monoisotopic (exact) mass is 288 g/mol. The van der Waals surface area contributed by atoms with E-state index in [9.17, 15) is 0 Å². The van der Waals surface area contributed by atoms with Gasteiger partial charge in [-0.25, -0.2) is 0 Å². The van der Waals surface area contributed by atoms with Crippen molar-refractivity contribution >= 4 is 11.5 Å². The van der Waals surface area contributed by atoms with Crippen LogP contribution in [0.5, 0.6) is 0 Å². The normalized spacial score (nSPS) is 20.0. The lowest BCUT2D eigenvalue weighted by molar-refractivity contribution is 0.189. The van der Waals surface area contributed by atoms with E-state index in [1.54, 1.807) is 0 Å². The second-order valence-corrected chi connectivity index (χ2v) is 5.58. The number of aliphatic hydroxyl groups excluding tert-OH is 1. The molecule has 2 heterocycles. The highest BCUT2D eigenvalue weighted by Gasteiger charge is 2.20. The number of hydrogen-bond acceptors (Lipinski definition) is 5. The predicted molar refractivity (Wildman–Crippen MR) is 86.2 cm³/mol. The Kier molecular flexibility index (Phi) is 4.72.